The van der Waals surface area contributed by atoms with Crippen LogP contribution in [0.15, 0.2) is 29.3 Å². The Balaban J connectivity index is 0.00000480. The first-order chi connectivity index (χ1) is 14.6. The summed E-state index contributed by atoms with van der Waals surface area (Å²) in [7, 11) is 1.79. The average molecular weight is 546 g/mol. The van der Waals surface area contributed by atoms with E-state index in [1.54, 1.807) is 7.05 Å². The molecule has 0 spiro atoms. The largest absolute Gasteiger partial charge is 0.379 e. The SMILES string of the molecule is CCNC(=O)c1cccc(CNC(=NC)NCC(C(CC)CC)N2CCOCC2)c1.I. The maximum Gasteiger partial charge on any atom is 0.251 e. The zero-order valence-corrected chi connectivity index (χ0v) is 21.8. The van der Waals surface area contributed by atoms with E-state index in [1.165, 1.54) is 12.8 Å². The molecule has 1 aliphatic heterocycles. The van der Waals surface area contributed by atoms with Gasteiger partial charge in [-0.1, -0.05) is 38.8 Å². The second-order valence-corrected chi connectivity index (χ2v) is 7.66. The van der Waals surface area contributed by atoms with Crippen molar-refractivity contribution in [3.05, 3.63) is 35.4 Å². The Morgan fingerprint density at radius 1 is 1.13 bits per heavy atom. The number of guanidine groups is 1. The molecule has 8 heteroatoms. The summed E-state index contributed by atoms with van der Waals surface area (Å²) in [5.41, 5.74) is 1.73. The van der Waals surface area contributed by atoms with Gasteiger partial charge in [0.05, 0.1) is 13.2 Å². The fourth-order valence-corrected chi connectivity index (χ4v) is 4.03. The lowest BCUT2D eigenvalue weighted by atomic mass is 9.92. The highest BCUT2D eigenvalue weighted by molar-refractivity contribution is 14.0. The van der Waals surface area contributed by atoms with Crippen molar-refractivity contribution >= 4 is 35.8 Å². The first-order valence-electron chi connectivity index (χ1n) is 11.3. The molecule has 0 saturated carbocycles. The van der Waals surface area contributed by atoms with Gasteiger partial charge in [-0.15, -0.1) is 24.0 Å². The van der Waals surface area contributed by atoms with Crippen molar-refractivity contribution in [3.8, 4) is 0 Å². The molecule has 1 aromatic rings. The lowest BCUT2D eigenvalue weighted by molar-refractivity contribution is 0.00272. The topological polar surface area (TPSA) is 78.0 Å². The number of aliphatic imine (C=N–C) groups is 1. The molecule has 3 N–H and O–H groups in total. The summed E-state index contributed by atoms with van der Waals surface area (Å²) in [4.78, 5) is 19.0. The number of hydrogen-bond acceptors (Lipinski definition) is 4. The Bertz CT molecular complexity index is 676. The van der Waals surface area contributed by atoms with E-state index in [9.17, 15) is 4.79 Å². The highest BCUT2D eigenvalue weighted by Gasteiger charge is 2.27. The Morgan fingerprint density at radius 3 is 2.45 bits per heavy atom. The van der Waals surface area contributed by atoms with Crippen LogP contribution in [-0.4, -0.2) is 69.2 Å². The van der Waals surface area contributed by atoms with E-state index in [-0.39, 0.29) is 29.9 Å². The van der Waals surface area contributed by atoms with Gasteiger partial charge in [-0.3, -0.25) is 14.7 Å². The zero-order valence-electron chi connectivity index (χ0n) is 19.4. The van der Waals surface area contributed by atoms with Gasteiger partial charge in [0, 0.05) is 51.4 Å². The van der Waals surface area contributed by atoms with E-state index in [0.717, 1.165) is 44.4 Å². The predicted octanol–water partition coefficient (Wildman–Crippen LogP) is 2.86. The number of nitrogens with one attached hydrogen (secondary N) is 3. The molecule has 1 fully saturated rings. The van der Waals surface area contributed by atoms with Crippen molar-refractivity contribution < 1.29 is 9.53 Å². The summed E-state index contributed by atoms with van der Waals surface area (Å²) in [6.07, 6.45) is 2.33. The van der Waals surface area contributed by atoms with E-state index in [1.807, 2.05) is 31.2 Å². The number of carbonyl (C=O) groups excluding carboxylic acids is 1. The van der Waals surface area contributed by atoms with Crippen LogP contribution in [0.5, 0.6) is 0 Å². The van der Waals surface area contributed by atoms with E-state index in [4.69, 9.17) is 4.74 Å². The van der Waals surface area contributed by atoms with E-state index in [0.29, 0.717) is 30.6 Å². The smallest absolute Gasteiger partial charge is 0.251 e. The Kier molecular flexibility index (Phi) is 13.7. The number of nitrogens with zero attached hydrogens (tertiary/aromatic N) is 2. The first kappa shape index (κ1) is 27.6. The van der Waals surface area contributed by atoms with Gasteiger partial charge in [-0.25, -0.2) is 0 Å². The maximum atomic E-state index is 12.1. The van der Waals surface area contributed by atoms with Crippen molar-refractivity contribution in [2.45, 2.75) is 46.2 Å². The van der Waals surface area contributed by atoms with Crippen molar-refractivity contribution in [3.63, 3.8) is 0 Å². The third kappa shape index (κ3) is 8.94. The molecule has 1 saturated heterocycles. The number of hydrogen-bond donors (Lipinski definition) is 3. The first-order valence-corrected chi connectivity index (χ1v) is 11.3. The number of ether oxygens (including phenoxy) is 1. The number of amides is 1. The maximum absolute atomic E-state index is 12.1. The molecule has 0 radical (unpaired) electrons. The van der Waals surface area contributed by atoms with Gasteiger partial charge in [0.15, 0.2) is 5.96 Å². The monoisotopic (exact) mass is 545 g/mol. The van der Waals surface area contributed by atoms with Crippen LogP contribution >= 0.6 is 24.0 Å². The van der Waals surface area contributed by atoms with E-state index >= 15 is 0 Å². The van der Waals surface area contributed by atoms with Gasteiger partial charge in [0.1, 0.15) is 0 Å². The second-order valence-electron chi connectivity index (χ2n) is 7.66. The highest BCUT2D eigenvalue weighted by Crippen LogP contribution is 2.19. The van der Waals surface area contributed by atoms with Gasteiger partial charge in [0.2, 0.25) is 0 Å². The number of rotatable bonds is 10. The number of benzene rings is 1. The average Bonchev–Trinajstić information content (AvgIpc) is 2.79. The lowest BCUT2D eigenvalue weighted by Gasteiger charge is -2.39. The minimum atomic E-state index is -0.0413. The van der Waals surface area contributed by atoms with Crippen LogP contribution in [0.3, 0.4) is 0 Å². The van der Waals surface area contributed by atoms with Crippen LogP contribution in [0.1, 0.15) is 49.5 Å². The number of carbonyl (C=O) groups is 1. The van der Waals surface area contributed by atoms with Crippen LogP contribution in [-0.2, 0) is 11.3 Å². The zero-order chi connectivity index (χ0) is 21.8. The van der Waals surface area contributed by atoms with Gasteiger partial charge in [0.25, 0.3) is 5.91 Å². The van der Waals surface area contributed by atoms with Gasteiger partial charge >= 0.3 is 0 Å². The molecule has 1 amide bonds. The minimum Gasteiger partial charge on any atom is -0.379 e. The Labute approximate surface area is 204 Å². The van der Waals surface area contributed by atoms with Gasteiger partial charge in [-0.05, 0) is 30.5 Å². The molecular weight excluding hydrogens is 505 g/mol. The van der Waals surface area contributed by atoms with E-state index < -0.39 is 0 Å². The summed E-state index contributed by atoms with van der Waals surface area (Å²) in [5, 5.41) is 9.74. The second kappa shape index (κ2) is 15.4. The van der Waals surface area contributed by atoms with E-state index in [2.05, 4.69) is 39.7 Å². The lowest BCUT2D eigenvalue weighted by Crippen LogP contribution is -2.53. The Morgan fingerprint density at radius 2 is 1.84 bits per heavy atom. The molecule has 1 unspecified atom stereocenters. The molecular formula is C23H40IN5O2. The summed E-state index contributed by atoms with van der Waals surface area (Å²) in [6, 6.07) is 8.16. The third-order valence-electron chi connectivity index (χ3n) is 5.80. The van der Waals surface area contributed by atoms with Gasteiger partial charge in [-0.2, -0.15) is 0 Å². The van der Waals surface area contributed by atoms with Crippen LogP contribution in [0.2, 0.25) is 0 Å². The fourth-order valence-electron chi connectivity index (χ4n) is 4.03. The van der Waals surface area contributed by atoms with Crippen LogP contribution in [0.25, 0.3) is 0 Å². The molecule has 0 aromatic heterocycles. The summed E-state index contributed by atoms with van der Waals surface area (Å²) >= 11 is 0. The van der Waals surface area contributed by atoms with Gasteiger partial charge < -0.3 is 20.7 Å². The van der Waals surface area contributed by atoms with Crippen molar-refractivity contribution in [2.75, 3.05) is 46.4 Å². The van der Waals surface area contributed by atoms with Crippen molar-refractivity contribution in [2.24, 2.45) is 10.9 Å². The minimum absolute atomic E-state index is 0. The standard InChI is InChI=1S/C23H39N5O2.HI/c1-5-19(6-2)21(28-11-13-30-14-12-28)17-27-23(24-4)26-16-18-9-8-10-20(15-18)22(29)25-7-3;/h8-10,15,19,21H,5-7,11-14,16-17H2,1-4H3,(H,25,29)(H2,24,26,27);1H. The molecule has 2 rings (SSSR count). The van der Waals surface area contributed by atoms with Crippen LogP contribution < -0.4 is 16.0 Å². The molecule has 0 bridgehead atoms. The molecule has 7 nitrogen and oxygen atoms in total. The summed E-state index contributed by atoms with van der Waals surface area (Å²) < 4.78 is 5.55. The molecule has 176 valence electrons. The third-order valence-corrected chi connectivity index (χ3v) is 5.80. The summed E-state index contributed by atoms with van der Waals surface area (Å²) in [5.74, 6) is 1.38. The fraction of sp³-hybridized carbons (Fsp3) is 0.652. The number of halogens is 1. The normalized spacial score (nSPS) is 15.8. The predicted molar refractivity (Wildman–Crippen MR) is 138 cm³/mol. The van der Waals surface area contributed by atoms with Crippen LogP contribution in [0.4, 0.5) is 0 Å². The molecule has 1 aliphatic rings. The number of morpholine rings is 1. The highest BCUT2D eigenvalue weighted by atomic mass is 127. The quantitative estimate of drug-likeness (QED) is 0.240. The summed E-state index contributed by atoms with van der Waals surface area (Å²) in [6.45, 7) is 12.2. The molecule has 1 atom stereocenters. The van der Waals surface area contributed by atoms with Crippen LogP contribution in [0, 0.1) is 5.92 Å². The molecule has 1 heterocycles. The molecule has 0 aliphatic carbocycles. The van der Waals surface area contributed by atoms with Crippen molar-refractivity contribution in [1.29, 1.82) is 0 Å². The van der Waals surface area contributed by atoms with Crippen molar-refractivity contribution in [1.82, 2.24) is 20.9 Å². The molecule has 31 heavy (non-hydrogen) atoms. The Hall–Kier alpha value is -1.39. The molecule has 1 aromatic carbocycles.